The zero-order chi connectivity index (χ0) is 20.1. The molecule has 148 valence electrons. The Morgan fingerprint density at radius 3 is 2.43 bits per heavy atom. The molecule has 0 aliphatic carbocycles. The van der Waals surface area contributed by atoms with Crippen molar-refractivity contribution in [2.75, 3.05) is 23.3 Å². The highest BCUT2D eigenvalue weighted by Crippen LogP contribution is 2.27. The van der Waals surface area contributed by atoms with Gasteiger partial charge in [0.1, 0.15) is 5.82 Å². The lowest BCUT2D eigenvalue weighted by Crippen LogP contribution is -2.30. The number of aromatic nitrogens is 2. The third-order valence-corrected chi connectivity index (χ3v) is 5.12. The summed E-state index contributed by atoms with van der Waals surface area (Å²) in [6, 6.07) is 3.03. The lowest BCUT2D eigenvalue weighted by Gasteiger charge is -2.27. The molecule has 2 aromatic rings. The molecule has 1 aliphatic heterocycles. The summed E-state index contributed by atoms with van der Waals surface area (Å²) in [7, 11) is 0. The van der Waals surface area contributed by atoms with E-state index in [-0.39, 0.29) is 27.9 Å². The molecule has 1 saturated heterocycles. The Labute approximate surface area is 172 Å². The Bertz CT molecular complexity index is 862. The standard InChI is InChI=1S/C19H20Cl2N4O3/c20-13-8-12(9-14(21)18(13)19(27)28)4-5-17(26)24-15-10-22-11-16(23-15)25-6-2-1-3-7-25/h8-11H,1-7H2,(H,27,28)(H,23,24,26). The number of piperidine rings is 1. The van der Waals surface area contributed by atoms with Gasteiger partial charge in [-0.15, -0.1) is 0 Å². The lowest BCUT2D eigenvalue weighted by molar-refractivity contribution is -0.116. The molecule has 1 amide bonds. The Hall–Kier alpha value is -2.38. The third-order valence-electron chi connectivity index (χ3n) is 4.53. The number of carboxylic acids is 1. The first-order chi connectivity index (χ1) is 13.4. The smallest absolute Gasteiger partial charge is 0.338 e. The van der Waals surface area contributed by atoms with Gasteiger partial charge in [0, 0.05) is 19.5 Å². The van der Waals surface area contributed by atoms with E-state index in [0.717, 1.165) is 31.7 Å². The molecular formula is C19H20Cl2N4O3. The molecular weight excluding hydrogens is 403 g/mol. The van der Waals surface area contributed by atoms with Crippen molar-refractivity contribution in [1.82, 2.24) is 9.97 Å². The normalized spacial score (nSPS) is 14.0. The maximum atomic E-state index is 12.3. The fraction of sp³-hybridized carbons (Fsp3) is 0.368. The number of amides is 1. The number of anilines is 2. The number of carbonyl (C=O) groups is 2. The molecule has 0 spiro atoms. The van der Waals surface area contributed by atoms with Crippen molar-refractivity contribution in [3.63, 3.8) is 0 Å². The third kappa shape index (κ3) is 5.11. The fourth-order valence-electron chi connectivity index (χ4n) is 3.13. The first-order valence-electron chi connectivity index (χ1n) is 9.02. The van der Waals surface area contributed by atoms with E-state index in [1.54, 1.807) is 6.20 Å². The molecule has 0 saturated carbocycles. The second kappa shape index (κ2) is 9.21. The summed E-state index contributed by atoms with van der Waals surface area (Å²) in [6.07, 6.45) is 7.24. The monoisotopic (exact) mass is 422 g/mol. The summed E-state index contributed by atoms with van der Waals surface area (Å²) in [6.45, 7) is 1.89. The fourth-order valence-corrected chi connectivity index (χ4v) is 3.82. The van der Waals surface area contributed by atoms with E-state index in [2.05, 4.69) is 20.2 Å². The summed E-state index contributed by atoms with van der Waals surface area (Å²) < 4.78 is 0. The summed E-state index contributed by atoms with van der Waals surface area (Å²) in [4.78, 5) is 34.2. The van der Waals surface area contributed by atoms with Gasteiger partial charge in [-0.25, -0.2) is 9.78 Å². The number of nitrogens with one attached hydrogen (secondary N) is 1. The van der Waals surface area contributed by atoms with Crippen LogP contribution in [0.15, 0.2) is 24.5 Å². The number of aromatic carboxylic acids is 1. The summed E-state index contributed by atoms with van der Waals surface area (Å²) >= 11 is 12.0. The van der Waals surface area contributed by atoms with E-state index in [1.165, 1.54) is 24.8 Å². The van der Waals surface area contributed by atoms with Crippen LogP contribution < -0.4 is 10.2 Å². The second-order valence-corrected chi connectivity index (χ2v) is 7.41. The van der Waals surface area contributed by atoms with E-state index in [0.29, 0.717) is 17.8 Å². The van der Waals surface area contributed by atoms with Crippen LogP contribution in [0.1, 0.15) is 41.6 Å². The number of hydrogen-bond acceptors (Lipinski definition) is 5. The minimum Gasteiger partial charge on any atom is -0.478 e. The van der Waals surface area contributed by atoms with Gasteiger partial charge in [0.05, 0.1) is 28.0 Å². The molecule has 0 radical (unpaired) electrons. The van der Waals surface area contributed by atoms with Gasteiger partial charge in [-0.1, -0.05) is 23.2 Å². The molecule has 2 N–H and O–H groups in total. The zero-order valence-electron chi connectivity index (χ0n) is 15.1. The molecule has 28 heavy (non-hydrogen) atoms. The molecule has 0 atom stereocenters. The van der Waals surface area contributed by atoms with Crippen LogP contribution in [0.5, 0.6) is 0 Å². The number of carboxylic acid groups (broad SMARTS) is 1. The van der Waals surface area contributed by atoms with E-state index in [1.807, 2.05) is 0 Å². The SMILES string of the molecule is O=C(CCc1cc(Cl)c(C(=O)O)c(Cl)c1)Nc1cncc(N2CCCCC2)n1. The van der Waals surface area contributed by atoms with Crippen molar-refractivity contribution in [1.29, 1.82) is 0 Å². The molecule has 3 rings (SSSR count). The van der Waals surface area contributed by atoms with Gasteiger partial charge < -0.3 is 15.3 Å². The lowest BCUT2D eigenvalue weighted by atomic mass is 10.1. The highest BCUT2D eigenvalue weighted by Gasteiger charge is 2.16. The van der Waals surface area contributed by atoms with Crippen LogP contribution in [0.2, 0.25) is 10.0 Å². The average molecular weight is 423 g/mol. The van der Waals surface area contributed by atoms with Crippen molar-refractivity contribution in [3.05, 3.63) is 45.7 Å². The highest BCUT2D eigenvalue weighted by molar-refractivity contribution is 6.39. The number of carbonyl (C=O) groups excluding carboxylic acids is 1. The van der Waals surface area contributed by atoms with Crippen molar-refractivity contribution in [3.8, 4) is 0 Å². The Kier molecular flexibility index (Phi) is 6.70. The van der Waals surface area contributed by atoms with Gasteiger partial charge in [-0.2, -0.15) is 0 Å². The predicted octanol–water partition coefficient (Wildman–Crippen LogP) is 4.04. The van der Waals surface area contributed by atoms with E-state index < -0.39 is 5.97 Å². The van der Waals surface area contributed by atoms with Crippen LogP contribution in [0.25, 0.3) is 0 Å². The van der Waals surface area contributed by atoms with Crippen molar-refractivity contribution in [2.45, 2.75) is 32.1 Å². The molecule has 1 aromatic carbocycles. The zero-order valence-corrected chi connectivity index (χ0v) is 16.6. The number of rotatable bonds is 6. The first kappa shape index (κ1) is 20.4. The Morgan fingerprint density at radius 2 is 1.79 bits per heavy atom. The van der Waals surface area contributed by atoms with Gasteiger partial charge in [-0.3, -0.25) is 9.78 Å². The number of benzene rings is 1. The van der Waals surface area contributed by atoms with Gasteiger partial charge in [0.2, 0.25) is 5.91 Å². The molecule has 2 heterocycles. The first-order valence-corrected chi connectivity index (χ1v) is 9.77. The van der Waals surface area contributed by atoms with E-state index >= 15 is 0 Å². The Balaban J connectivity index is 1.60. The average Bonchev–Trinajstić information content (AvgIpc) is 2.66. The van der Waals surface area contributed by atoms with Crippen LogP contribution in [0, 0.1) is 0 Å². The minimum absolute atomic E-state index is 0.0514. The van der Waals surface area contributed by atoms with Gasteiger partial charge >= 0.3 is 5.97 Å². The van der Waals surface area contributed by atoms with Crippen LogP contribution in [-0.2, 0) is 11.2 Å². The maximum Gasteiger partial charge on any atom is 0.338 e. The van der Waals surface area contributed by atoms with Crippen LogP contribution in [0.4, 0.5) is 11.6 Å². The van der Waals surface area contributed by atoms with Crippen molar-refractivity contribution >= 4 is 46.7 Å². The number of hydrogen-bond donors (Lipinski definition) is 2. The summed E-state index contributed by atoms with van der Waals surface area (Å²) in [5.74, 6) is -0.239. The van der Waals surface area contributed by atoms with Gasteiger partial charge in [0.15, 0.2) is 5.82 Å². The molecule has 0 bridgehead atoms. The number of halogens is 2. The predicted molar refractivity (Wildman–Crippen MR) is 108 cm³/mol. The quantitative estimate of drug-likeness (QED) is 0.728. The largest absolute Gasteiger partial charge is 0.478 e. The minimum atomic E-state index is -1.19. The van der Waals surface area contributed by atoms with E-state index in [9.17, 15) is 9.59 Å². The number of nitrogens with zero attached hydrogens (tertiary/aromatic N) is 3. The van der Waals surface area contributed by atoms with E-state index in [4.69, 9.17) is 28.3 Å². The Morgan fingerprint density at radius 1 is 1.11 bits per heavy atom. The van der Waals surface area contributed by atoms with Crippen molar-refractivity contribution < 1.29 is 14.7 Å². The highest BCUT2D eigenvalue weighted by atomic mass is 35.5. The van der Waals surface area contributed by atoms with Gasteiger partial charge in [0.25, 0.3) is 0 Å². The summed E-state index contributed by atoms with van der Waals surface area (Å²) in [5.41, 5.74) is 0.546. The molecule has 1 fully saturated rings. The molecule has 7 nitrogen and oxygen atoms in total. The summed E-state index contributed by atoms with van der Waals surface area (Å²) in [5, 5.41) is 11.9. The van der Waals surface area contributed by atoms with Gasteiger partial charge in [-0.05, 0) is 43.4 Å². The molecule has 1 aliphatic rings. The van der Waals surface area contributed by atoms with Crippen LogP contribution in [-0.4, -0.2) is 40.0 Å². The topological polar surface area (TPSA) is 95.4 Å². The molecule has 9 heteroatoms. The number of aryl methyl sites for hydroxylation is 1. The van der Waals surface area contributed by atoms with Crippen LogP contribution in [0.3, 0.4) is 0 Å². The second-order valence-electron chi connectivity index (χ2n) is 6.60. The van der Waals surface area contributed by atoms with Crippen LogP contribution >= 0.6 is 23.2 Å². The molecule has 0 unspecified atom stereocenters. The molecule has 1 aromatic heterocycles. The van der Waals surface area contributed by atoms with Crippen molar-refractivity contribution in [2.24, 2.45) is 0 Å². The maximum absolute atomic E-state index is 12.3.